The molecule has 1 aromatic rings. The van der Waals surface area contributed by atoms with Crippen LogP contribution in [0.2, 0.25) is 0 Å². The Balaban J connectivity index is 2.16. The van der Waals surface area contributed by atoms with Crippen LogP contribution in [0.3, 0.4) is 0 Å². The number of nitrogens with one attached hydrogen (secondary N) is 2. The summed E-state index contributed by atoms with van der Waals surface area (Å²) in [6.45, 7) is 10.3. The van der Waals surface area contributed by atoms with E-state index < -0.39 is 0 Å². The van der Waals surface area contributed by atoms with Gasteiger partial charge in [0.1, 0.15) is 0 Å². The Morgan fingerprint density at radius 1 is 1.24 bits per heavy atom. The SMILES string of the molecule is CCNC(=NCCCn1cccn1)NCCCCC(C)C. The zero-order valence-corrected chi connectivity index (χ0v) is 13.8. The molecule has 0 aliphatic heterocycles. The van der Waals surface area contributed by atoms with Crippen molar-refractivity contribution in [2.45, 2.75) is 53.0 Å². The van der Waals surface area contributed by atoms with Crippen LogP contribution in [-0.4, -0.2) is 35.4 Å². The van der Waals surface area contributed by atoms with E-state index in [0.717, 1.165) is 44.5 Å². The first kappa shape index (κ1) is 17.5. The minimum absolute atomic E-state index is 0.800. The van der Waals surface area contributed by atoms with Crippen molar-refractivity contribution in [2.24, 2.45) is 10.9 Å². The second-order valence-electron chi connectivity index (χ2n) is 5.70. The fourth-order valence-corrected chi connectivity index (χ4v) is 2.08. The highest BCUT2D eigenvalue weighted by atomic mass is 15.3. The van der Waals surface area contributed by atoms with Gasteiger partial charge >= 0.3 is 0 Å². The summed E-state index contributed by atoms with van der Waals surface area (Å²) in [6, 6.07) is 1.95. The van der Waals surface area contributed by atoms with Crippen molar-refractivity contribution in [3.8, 4) is 0 Å². The minimum Gasteiger partial charge on any atom is -0.357 e. The molecule has 5 heteroatoms. The highest BCUT2D eigenvalue weighted by Gasteiger charge is 1.98. The molecular weight excluding hydrogens is 262 g/mol. The molecule has 2 N–H and O–H groups in total. The summed E-state index contributed by atoms with van der Waals surface area (Å²) in [5.74, 6) is 1.73. The van der Waals surface area contributed by atoms with Gasteiger partial charge in [-0.1, -0.05) is 26.7 Å². The highest BCUT2D eigenvalue weighted by molar-refractivity contribution is 5.79. The molecule has 120 valence electrons. The maximum absolute atomic E-state index is 4.60. The fraction of sp³-hybridized carbons (Fsp3) is 0.750. The topological polar surface area (TPSA) is 54.2 Å². The highest BCUT2D eigenvalue weighted by Crippen LogP contribution is 2.04. The number of nitrogens with zero attached hydrogens (tertiary/aromatic N) is 3. The maximum Gasteiger partial charge on any atom is 0.191 e. The Kier molecular flexibility index (Phi) is 9.33. The molecule has 0 aromatic carbocycles. The molecule has 0 radical (unpaired) electrons. The van der Waals surface area contributed by atoms with Crippen LogP contribution in [0.1, 0.15) is 46.5 Å². The van der Waals surface area contributed by atoms with Crippen LogP contribution in [0.15, 0.2) is 23.5 Å². The van der Waals surface area contributed by atoms with E-state index in [1.807, 2.05) is 23.1 Å². The van der Waals surface area contributed by atoms with Gasteiger partial charge in [-0.3, -0.25) is 9.67 Å². The number of aliphatic imine (C=N–C) groups is 1. The predicted molar refractivity (Wildman–Crippen MR) is 89.5 cm³/mol. The zero-order valence-electron chi connectivity index (χ0n) is 13.8. The molecule has 0 atom stereocenters. The van der Waals surface area contributed by atoms with E-state index in [2.05, 4.69) is 41.5 Å². The molecule has 0 saturated carbocycles. The van der Waals surface area contributed by atoms with E-state index in [0.29, 0.717) is 0 Å². The first-order chi connectivity index (χ1) is 10.2. The number of hydrogen-bond acceptors (Lipinski definition) is 2. The van der Waals surface area contributed by atoms with E-state index in [4.69, 9.17) is 0 Å². The van der Waals surface area contributed by atoms with Crippen LogP contribution in [0, 0.1) is 5.92 Å². The summed E-state index contributed by atoms with van der Waals surface area (Å²) >= 11 is 0. The van der Waals surface area contributed by atoms with Crippen LogP contribution in [0.5, 0.6) is 0 Å². The van der Waals surface area contributed by atoms with E-state index in [9.17, 15) is 0 Å². The van der Waals surface area contributed by atoms with Crippen LogP contribution >= 0.6 is 0 Å². The first-order valence-corrected chi connectivity index (χ1v) is 8.22. The summed E-state index contributed by atoms with van der Waals surface area (Å²) in [5, 5.41) is 10.9. The van der Waals surface area contributed by atoms with Gasteiger partial charge in [-0.2, -0.15) is 5.10 Å². The molecule has 1 heterocycles. The van der Waals surface area contributed by atoms with Gasteiger partial charge in [-0.15, -0.1) is 0 Å². The Bertz CT molecular complexity index is 370. The van der Waals surface area contributed by atoms with Crippen molar-refractivity contribution in [3.05, 3.63) is 18.5 Å². The van der Waals surface area contributed by atoms with Crippen molar-refractivity contribution in [1.29, 1.82) is 0 Å². The smallest absolute Gasteiger partial charge is 0.191 e. The largest absolute Gasteiger partial charge is 0.357 e. The van der Waals surface area contributed by atoms with E-state index >= 15 is 0 Å². The summed E-state index contributed by atoms with van der Waals surface area (Å²) in [6.07, 6.45) is 8.60. The third-order valence-corrected chi connectivity index (χ3v) is 3.22. The second-order valence-corrected chi connectivity index (χ2v) is 5.70. The van der Waals surface area contributed by atoms with Gasteiger partial charge in [0, 0.05) is 38.6 Å². The first-order valence-electron chi connectivity index (χ1n) is 8.22. The van der Waals surface area contributed by atoms with Crippen molar-refractivity contribution < 1.29 is 0 Å². The van der Waals surface area contributed by atoms with Gasteiger partial charge in [0.25, 0.3) is 0 Å². The summed E-state index contributed by atoms with van der Waals surface area (Å²) < 4.78 is 1.95. The molecule has 0 amide bonds. The quantitative estimate of drug-likeness (QED) is 0.396. The number of hydrogen-bond donors (Lipinski definition) is 2. The molecule has 5 nitrogen and oxygen atoms in total. The standard InChI is InChI=1S/C16H31N5/c1-4-17-16(18-10-6-5-9-15(2)3)19-11-7-13-21-14-8-12-20-21/h8,12,14-15H,4-7,9-11,13H2,1-3H3,(H2,17,18,19). The number of guanidine groups is 1. The number of aryl methyl sites for hydroxylation is 1. The predicted octanol–water partition coefficient (Wildman–Crippen LogP) is 2.65. The molecule has 1 aromatic heterocycles. The Hall–Kier alpha value is -1.52. The van der Waals surface area contributed by atoms with Crippen LogP contribution in [0.4, 0.5) is 0 Å². The van der Waals surface area contributed by atoms with E-state index in [-0.39, 0.29) is 0 Å². The third-order valence-electron chi connectivity index (χ3n) is 3.22. The van der Waals surface area contributed by atoms with E-state index in [1.54, 1.807) is 0 Å². The normalized spacial score (nSPS) is 11.9. The van der Waals surface area contributed by atoms with Crippen LogP contribution in [0.25, 0.3) is 0 Å². The molecule has 0 saturated heterocycles. The number of rotatable bonds is 10. The molecule has 0 spiro atoms. The molecule has 0 aliphatic carbocycles. The van der Waals surface area contributed by atoms with Gasteiger partial charge in [0.05, 0.1) is 0 Å². The molecule has 0 aliphatic rings. The fourth-order valence-electron chi connectivity index (χ4n) is 2.08. The maximum atomic E-state index is 4.60. The second kappa shape index (κ2) is 11.2. The van der Waals surface area contributed by atoms with Gasteiger partial charge in [0.15, 0.2) is 5.96 Å². The molecule has 0 unspecified atom stereocenters. The monoisotopic (exact) mass is 293 g/mol. The summed E-state index contributed by atoms with van der Waals surface area (Å²) in [7, 11) is 0. The van der Waals surface area contributed by atoms with Gasteiger partial charge in [0.2, 0.25) is 0 Å². The van der Waals surface area contributed by atoms with Crippen LogP contribution in [-0.2, 0) is 6.54 Å². The minimum atomic E-state index is 0.800. The number of aromatic nitrogens is 2. The van der Waals surface area contributed by atoms with Gasteiger partial charge in [-0.25, -0.2) is 0 Å². The molecular formula is C16H31N5. The van der Waals surface area contributed by atoms with Gasteiger partial charge < -0.3 is 10.6 Å². The molecule has 0 bridgehead atoms. The summed E-state index contributed by atoms with van der Waals surface area (Å²) in [4.78, 5) is 4.60. The Labute approximate surface area is 129 Å². The average molecular weight is 293 g/mol. The lowest BCUT2D eigenvalue weighted by molar-refractivity contribution is 0.534. The lowest BCUT2D eigenvalue weighted by Gasteiger charge is -2.11. The zero-order chi connectivity index (χ0) is 15.3. The van der Waals surface area contributed by atoms with Crippen LogP contribution < -0.4 is 10.6 Å². The van der Waals surface area contributed by atoms with Crippen molar-refractivity contribution in [1.82, 2.24) is 20.4 Å². The van der Waals surface area contributed by atoms with Crippen molar-refractivity contribution >= 4 is 5.96 Å². The lowest BCUT2D eigenvalue weighted by Crippen LogP contribution is -2.37. The lowest BCUT2D eigenvalue weighted by atomic mass is 10.1. The molecule has 21 heavy (non-hydrogen) atoms. The molecule has 0 fully saturated rings. The summed E-state index contributed by atoms with van der Waals surface area (Å²) in [5.41, 5.74) is 0. The van der Waals surface area contributed by atoms with Crippen molar-refractivity contribution in [2.75, 3.05) is 19.6 Å². The third kappa shape index (κ3) is 9.10. The Morgan fingerprint density at radius 3 is 2.76 bits per heavy atom. The Morgan fingerprint density at radius 2 is 2.10 bits per heavy atom. The average Bonchev–Trinajstić information content (AvgIpc) is 2.96. The van der Waals surface area contributed by atoms with E-state index in [1.165, 1.54) is 19.3 Å². The van der Waals surface area contributed by atoms with Crippen molar-refractivity contribution in [3.63, 3.8) is 0 Å². The van der Waals surface area contributed by atoms with Gasteiger partial charge in [-0.05, 0) is 31.7 Å². The number of unbranched alkanes of at least 4 members (excludes halogenated alkanes) is 1. The molecule has 1 rings (SSSR count).